The normalized spacial score (nSPS) is 12.5. The first kappa shape index (κ1) is 14.7. The summed E-state index contributed by atoms with van der Waals surface area (Å²) in [5.74, 6) is -0.321. The van der Waals surface area contributed by atoms with Gasteiger partial charge in [-0.25, -0.2) is 4.39 Å². The molecule has 0 bridgehead atoms. The Labute approximate surface area is 120 Å². The molecular weight excluding hydrogens is 251 g/mol. The van der Waals surface area contributed by atoms with Crippen LogP contribution in [0.25, 0.3) is 0 Å². The summed E-state index contributed by atoms with van der Waals surface area (Å²) in [5.41, 5.74) is 5.53. The SMILES string of the molecule is Cc1cc(C)c(C(O)Cc2ccc(C)c(C)c2)c(F)c1. The number of aliphatic hydroxyl groups excluding tert-OH is 1. The topological polar surface area (TPSA) is 20.2 Å². The van der Waals surface area contributed by atoms with E-state index in [4.69, 9.17) is 0 Å². The molecule has 2 heteroatoms. The second-order valence-corrected chi connectivity index (χ2v) is 5.62. The Hall–Kier alpha value is -1.67. The molecule has 0 aliphatic carbocycles. The van der Waals surface area contributed by atoms with E-state index in [0.717, 1.165) is 16.7 Å². The molecule has 0 saturated heterocycles. The van der Waals surface area contributed by atoms with Gasteiger partial charge in [-0.3, -0.25) is 0 Å². The van der Waals surface area contributed by atoms with Crippen molar-refractivity contribution in [2.24, 2.45) is 0 Å². The summed E-state index contributed by atoms with van der Waals surface area (Å²) in [5, 5.41) is 10.3. The third-order valence-corrected chi connectivity index (χ3v) is 3.81. The lowest BCUT2D eigenvalue weighted by molar-refractivity contribution is 0.173. The maximum Gasteiger partial charge on any atom is 0.129 e. The van der Waals surface area contributed by atoms with E-state index in [0.29, 0.717) is 12.0 Å². The molecular formula is C18H21FO. The maximum absolute atomic E-state index is 14.0. The zero-order valence-electron chi connectivity index (χ0n) is 12.5. The lowest BCUT2D eigenvalue weighted by Crippen LogP contribution is -2.07. The Balaban J connectivity index is 2.28. The van der Waals surface area contributed by atoms with Crippen LogP contribution in [-0.4, -0.2) is 5.11 Å². The fourth-order valence-electron chi connectivity index (χ4n) is 2.60. The monoisotopic (exact) mass is 272 g/mol. The van der Waals surface area contributed by atoms with Gasteiger partial charge < -0.3 is 5.11 Å². The average molecular weight is 272 g/mol. The molecule has 1 atom stereocenters. The number of hydrogen-bond acceptors (Lipinski definition) is 1. The molecule has 0 saturated carbocycles. The van der Waals surface area contributed by atoms with Crippen LogP contribution in [0.5, 0.6) is 0 Å². The highest BCUT2D eigenvalue weighted by Gasteiger charge is 2.16. The minimum absolute atomic E-state index is 0.321. The molecule has 1 N–H and O–H groups in total. The van der Waals surface area contributed by atoms with Crippen molar-refractivity contribution in [3.05, 3.63) is 69.5 Å². The van der Waals surface area contributed by atoms with E-state index in [1.54, 1.807) is 0 Å². The minimum atomic E-state index is -0.808. The molecule has 0 aliphatic heterocycles. The number of rotatable bonds is 3. The highest BCUT2D eigenvalue weighted by molar-refractivity contribution is 5.36. The third-order valence-electron chi connectivity index (χ3n) is 3.81. The maximum atomic E-state index is 14.0. The van der Waals surface area contributed by atoms with Crippen molar-refractivity contribution < 1.29 is 9.50 Å². The Morgan fingerprint density at radius 3 is 2.25 bits per heavy atom. The summed E-state index contributed by atoms with van der Waals surface area (Å²) in [6, 6.07) is 9.47. The number of aryl methyl sites for hydroxylation is 4. The van der Waals surface area contributed by atoms with E-state index < -0.39 is 6.10 Å². The number of benzene rings is 2. The minimum Gasteiger partial charge on any atom is -0.388 e. The largest absolute Gasteiger partial charge is 0.388 e. The molecule has 2 aromatic rings. The standard InChI is InChI=1S/C18H21FO/c1-11-7-14(4)18(16(19)8-11)17(20)10-15-6-5-12(2)13(3)9-15/h5-9,17,20H,10H2,1-4H3. The van der Waals surface area contributed by atoms with Gasteiger partial charge in [0.15, 0.2) is 0 Å². The summed E-state index contributed by atoms with van der Waals surface area (Å²) >= 11 is 0. The first-order chi connectivity index (χ1) is 9.38. The van der Waals surface area contributed by atoms with Gasteiger partial charge in [-0.2, -0.15) is 0 Å². The summed E-state index contributed by atoms with van der Waals surface area (Å²) in [6.45, 7) is 7.80. The van der Waals surface area contributed by atoms with Gasteiger partial charge in [0, 0.05) is 12.0 Å². The lowest BCUT2D eigenvalue weighted by Gasteiger charge is -2.16. The van der Waals surface area contributed by atoms with Crippen molar-refractivity contribution in [1.29, 1.82) is 0 Å². The zero-order chi connectivity index (χ0) is 14.9. The number of hydrogen-bond donors (Lipinski definition) is 1. The smallest absolute Gasteiger partial charge is 0.129 e. The van der Waals surface area contributed by atoms with Crippen molar-refractivity contribution in [2.75, 3.05) is 0 Å². The molecule has 0 heterocycles. The molecule has 0 spiro atoms. The Morgan fingerprint density at radius 2 is 1.65 bits per heavy atom. The first-order valence-corrected chi connectivity index (χ1v) is 6.89. The van der Waals surface area contributed by atoms with Crippen LogP contribution in [0.1, 0.15) is 39.5 Å². The van der Waals surface area contributed by atoms with Gasteiger partial charge in [0.1, 0.15) is 5.82 Å². The van der Waals surface area contributed by atoms with Crippen LogP contribution in [0.15, 0.2) is 30.3 Å². The van der Waals surface area contributed by atoms with Gasteiger partial charge >= 0.3 is 0 Å². The molecule has 2 rings (SSSR count). The molecule has 106 valence electrons. The molecule has 2 aromatic carbocycles. The predicted molar refractivity (Wildman–Crippen MR) is 80.5 cm³/mol. The van der Waals surface area contributed by atoms with Crippen molar-refractivity contribution >= 4 is 0 Å². The van der Waals surface area contributed by atoms with Crippen LogP contribution < -0.4 is 0 Å². The van der Waals surface area contributed by atoms with Crippen LogP contribution in [0.2, 0.25) is 0 Å². The van der Waals surface area contributed by atoms with Crippen LogP contribution in [-0.2, 0) is 6.42 Å². The summed E-state index contributed by atoms with van der Waals surface area (Å²) in [7, 11) is 0. The third kappa shape index (κ3) is 3.07. The number of halogens is 1. The second-order valence-electron chi connectivity index (χ2n) is 5.62. The van der Waals surface area contributed by atoms with E-state index >= 15 is 0 Å². The van der Waals surface area contributed by atoms with E-state index in [1.807, 2.05) is 39.0 Å². The van der Waals surface area contributed by atoms with Crippen LogP contribution >= 0.6 is 0 Å². The highest BCUT2D eigenvalue weighted by Crippen LogP contribution is 2.26. The molecule has 0 aromatic heterocycles. The van der Waals surface area contributed by atoms with Gasteiger partial charge in [-0.1, -0.05) is 24.3 Å². The van der Waals surface area contributed by atoms with Crippen molar-refractivity contribution in [3.63, 3.8) is 0 Å². The number of aliphatic hydroxyl groups is 1. The molecule has 0 amide bonds. The summed E-state index contributed by atoms with van der Waals surface area (Å²) in [6.07, 6.45) is -0.375. The fourth-order valence-corrected chi connectivity index (χ4v) is 2.60. The lowest BCUT2D eigenvalue weighted by atomic mass is 9.94. The van der Waals surface area contributed by atoms with Crippen LogP contribution in [0, 0.1) is 33.5 Å². The Bertz CT molecular complexity index is 608. The van der Waals surface area contributed by atoms with Gasteiger partial charge in [-0.15, -0.1) is 0 Å². The Morgan fingerprint density at radius 1 is 0.950 bits per heavy atom. The predicted octanol–water partition coefficient (Wildman–Crippen LogP) is 4.34. The first-order valence-electron chi connectivity index (χ1n) is 6.89. The molecule has 0 aliphatic rings. The van der Waals surface area contributed by atoms with Crippen LogP contribution in [0.4, 0.5) is 4.39 Å². The average Bonchev–Trinajstić information content (AvgIpc) is 2.32. The Kier molecular flexibility index (Phi) is 4.24. The van der Waals surface area contributed by atoms with Gasteiger partial charge in [-0.05, 0) is 61.6 Å². The quantitative estimate of drug-likeness (QED) is 0.881. The van der Waals surface area contributed by atoms with Crippen LogP contribution in [0.3, 0.4) is 0 Å². The summed E-state index contributed by atoms with van der Waals surface area (Å²) < 4.78 is 14.0. The van der Waals surface area contributed by atoms with Gasteiger partial charge in [0.2, 0.25) is 0 Å². The molecule has 0 radical (unpaired) electrons. The second kappa shape index (κ2) is 5.76. The fraction of sp³-hybridized carbons (Fsp3) is 0.333. The highest BCUT2D eigenvalue weighted by atomic mass is 19.1. The van der Waals surface area contributed by atoms with E-state index in [2.05, 4.69) is 13.0 Å². The molecule has 1 unspecified atom stereocenters. The van der Waals surface area contributed by atoms with Gasteiger partial charge in [0.05, 0.1) is 6.10 Å². The molecule has 20 heavy (non-hydrogen) atoms. The van der Waals surface area contributed by atoms with Crippen molar-refractivity contribution in [3.8, 4) is 0 Å². The van der Waals surface area contributed by atoms with E-state index in [9.17, 15) is 9.50 Å². The van der Waals surface area contributed by atoms with E-state index in [1.165, 1.54) is 17.2 Å². The zero-order valence-corrected chi connectivity index (χ0v) is 12.5. The van der Waals surface area contributed by atoms with E-state index in [-0.39, 0.29) is 5.82 Å². The molecule has 1 nitrogen and oxygen atoms in total. The van der Waals surface area contributed by atoms with Crippen molar-refractivity contribution in [2.45, 2.75) is 40.2 Å². The van der Waals surface area contributed by atoms with Crippen molar-refractivity contribution in [1.82, 2.24) is 0 Å². The molecule has 0 fully saturated rings. The summed E-state index contributed by atoms with van der Waals surface area (Å²) in [4.78, 5) is 0. The van der Waals surface area contributed by atoms with Gasteiger partial charge in [0.25, 0.3) is 0 Å².